The monoisotopic (exact) mass is 415 g/mol. The minimum absolute atomic E-state index is 0.0485. The first-order valence-corrected chi connectivity index (χ1v) is 8.96. The molecule has 0 saturated heterocycles. The van der Waals surface area contributed by atoms with E-state index >= 15 is 0 Å². The largest absolute Gasteiger partial charge is 0.496 e. The van der Waals surface area contributed by atoms with Gasteiger partial charge in [0.25, 0.3) is 0 Å². The molecule has 0 spiro atoms. The summed E-state index contributed by atoms with van der Waals surface area (Å²) in [5, 5.41) is 6.86. The minimum atomic E-state index is -0.0485. The number of aromatic nitrogens is 2. The average molecular weight is 416 g/mol. The number of nitrogens with one attached hydrogen (secondary N) is 1. The summed E-state index contributed by atoms with van der Waals surface area (Å²) in [6, 6.07) is 15.0. The van der Waals surface area contributed by atoms with E-state index in [1.807, 2.05) is 48.5 Å². The lowest BCUT2D eigenvalue weighted by atomic mass is 10.2. The van der Waals surface area contributed by atoms with Gasteiger partial charge in [-0.25, -0.2) is 0 Å². The van der Waals surface area contributed by atoms with Crippen LogP contribution in [0, 0.1) is 0 Å². The number of para-hydroxylation sites is 1. The Labute approximate surface area is 159 Å². The molecule has 0 fully saturated rings. The summed E-state index contributed by atoms with van der Waals surface area (Å²) in [7, 11) is 1.60. The Balaban J connectivity index is 1.53. The molecule has 1 heterocycles. The molecule has 0 aliphatic heterocycles. The van der Waals surface area contributed by atoms with E-state index < -0.39 is 0 Å². The molecule has 1 amide bonds. The van der Waals surface area contributed by atoms with Crippen LogP contribution in [0.15, 0.2) is 57.5 Å². The number of ether oxygens (including phenoxy) is 1. The molecule has 0 unspecified atom stereocenters. The molecule has 3 rings (SSSR count). The molecule has 1 aromatic heterocycles. The van der Waals surface area contributed by atoms with Crippen LogP contribution in [-0.4, -0.2) is 23.2 Å². The quantitative estimate of drug-likeness (QED) is 0.615. The van der Waals surface area contributed by atoms with Gasteiger partial charge in [0.15, 0.2) is 0 Å². The number of carbonyl (C=O) groups is 1. The first-order valence-electron chi connectivity index (χ1n) is 8.17. The maximum Gasteiger partial charge on any atom is 0.226 e. The third-order valence-corrected chi connectivity index (χ3v) is 4.21. The lowest BCUT2D eigenvalue weighted by molar-refractivity contribution is -0.116. The van der Waals surface area contributed by atoms with Crippen LogP contribution < -0.4 is 10.1 Å². The van der Waals surface area contributed by atoms with Crippen LogP contribution in [0.25, 0.3) is 11.4 Å². The van der Waals surface area contributed by atoms with Crippen molar-refractivity contribution in [2.45, 2.75) is 19.3 Å². The van der Waals surface area contributed by atoms with Gasteiger partial charge >= 0.3 is 0 Å². The molecule has 0 bridgehead atoms. The standard InChI is InChI=1S/C19H18BrN3O3/c1-25-16-9-3-2-8-15(16)19-22-18(26-23-19)11-5-10-17(24)21-14-7-4-6-13(20)12-14/h2-4,6-9,12H,5,10-11H2,1H3,(H,21,24). The van der Waals surface area contributed by atoms with Crippen LogP contribution in [0.4, 0.5) is 5.69 Å². The number of carbonyl (C=O) groups excluding carboxylic acids is 1. The number of benzene rings is 2. The van der Waals surface area contributed by atoms with Gasteiger partial charge < -0.3 is 14.6 Å². The molecule has 0 radical (unpaired) electrons. The third-order valence-electron chi connectivity index (χ3n) is 3.72. The summed E-state index contributed by atoms with van der Waals surface area (Å²) in [6.07, 6.45) is 1.53. The van der Waals surface area contributed by atoms with Gasteiger partial charge in [-0.05, 0) is 36.8 Å². The van der Waals surface area contributed by atoms with E-state index in [0.717, 1.165) is 15.7 Å². The van der Waals surface area contributed by atoms with Crippen molar-refractivity contribution in [2.24, 2.45) is 0 Å². The highest BCUT2D eigenvalue weighted by Crippen LogP contribution is 2.27. The van der Waals surface area contributed by atoms with Crippen molar-refractivity contribution in [3.63, 3.8) is 0 Å². The van der Waals surface area contributed by atoms with Gasteiger partial charge in [-0.15, -0.1) is 0 Å². The van der Waals surface area contributed by atoms with E-state index in [4.69, 9.17) is 9.26 Å². The number of hydrogen-bond acceptors (Lipinski definition) is 5. The molecule has 2 aromatic carbocycles. The number of nitrogens with zero attached hydrogens (tertiary/aromatic N) is 2. The van der Waals surface area contributed by atoms with Crippen LogP contribution in [0.1, 0.15) is 18.7 Å². The zero-order valence-electron chi connectivity index (χ0n) is 14.2. The first-order chi connectivity index (χ1) is 12.7. The van der Waals surface area contributed by atoms with Crippen LogP contribution >= 0.6 is 15.9 Å². The highest BCUT2D eigenvalue weighted by Gasteiger charge is 2.13. The van der Waals surface area contributed by atoms with Crippen molar-refractivity contribution in [2.75, 3.05) is 12.4 Å². The Morgan fingerprint density at radius 3 is 2.88 bits per heavy atom. The summed E-state index contributed by atoms with van der Waals surface area (Å²) in [5.41, 5.74) is 1.54. The maximum absolute atomic E-state index is 12.0. The molecule has 1 N–H and O–H groups in total. The van der Waals surface area contributed by atoms with E-state index in [1.165, 1.54) is 0 Å². The van der Waals surface area contributed by atoms with Gasteiger partial charge in [-0.1, -0.05) is 39.3 Å². The van der Waals surface area contributed by atoms with Crippen LogP contribution in [0.3, 0.4) is 0 Å². The summed E-state index contributed by atoms with van der Waals surface area (Å²) in [6.45, 7) is 0. The van der Waals surface area contributed by atoms with E-state index in [1.54, 1.807) is 7.11 Å². The van der Waals surface area contributed by atoms with Gasteiger partial charge in [-0.3, -0.25) is 4.79 Å². The highest BCUT2D eigenvalue weighted by molar-refractivity contribution is 9.10. The maximum atomic E-state index is 12.0. The van der Waals surface area contributed by atoms with Crippen LogP contribution in [-0.2, 0) is 11.2 Å². The molecule has 134 valence electrons. The van der Waals surface area contributed by atoms with Crippen molar-refractivity contribution >= 4 is 27.5 Å². The molecule has 0 aliphatic rings. The summed E-state index contributed by atoms with van der Waals surface area (Å²) in [4.78, 5) is 16.4. The van der Waals surface area contributed by atoms with E-state index in [2.05, 4.69) is 31.4 Å². The summed E-state index contributed by atoms with van der Waals surface area (Å²) in [5.74, 6) is 1.62. The van der Waals surface area contributed by atoms with E-state index in [-0.39, 0.29) is 5.91 Å². The molecular weight excluding hydrogens is 398 g/mol. The number of anilines is 1. The second-order valence-electron chi connectivity index (χ2n) is 5.62. The normalized spacial score (nSPS) is 10.5. The van der Waals surface area contributed by atoms with Crippen LogP contribution in [0.2, 0.25) is 0 Å². The van der Waals surface area contributed by atoms with Crippen molar-refractivity contribution in [1.82, 2.24) is 10.1 Å². The SMILES string of the molecule is COc1ccccc1-c1noc(CCCC(=O)Nc2cccc(Br)c2)n1. The molecule has 0 saturated carbocycles. The van der Waals surface area contributed by atoms with Crippen LogP contribution in [0.5, 0.6) is 5.75 Å². The van der Waals surface area contributed by atoms with E-state index in [9.17, 15) is 4.79 Å². The van der Waals surface area contributed by atoms with Gasteiger partial charge in [0.1, 0.15) is 5.75 Å². The molecule has 6 nitrogen and oxygen atoms in total. The Bertz CT molecular complexity index is 895. The smallest absolute Gasteiger partial charge is 0.226 e. The topological polar surface area (TPSA) is 77.2 Å². The number of aryl methyl sites for hydroxylation is 1. The Hall–Kier alpha value is -2.67. The number of halogens is 1. The first kappa shape index (κ1) is 18.1. The molecule has 0 aliphatic carbocycles. The Kier molecular flexibility index (Phi) is 6.01. The molecule has 3 aromatic rings. The Morgan fingerprint density at radius 1 is 1.23 bits per heavy atom. The average Bonchev–Trinajstić information content (AvgIpc) is 3.10. The zero-order chi connectivity index (χ0) is 18.4. The molecule has 26 heavy (non-hydrogen) atoms. The van der Waals surface area contributed by atoms with Crippen molar-refractivity contribution in [1.29, 1.82) is 0 Å². The number of methoxy groups -OCH3 is 1. The second kappa shape index (κ2) is 8.62. The Morgan fingerprint density at radius 2 is 2.08 bits per heavy atom. The fourth-order valence-corrected chi connectivity index (χ4v) is 2.88. The predicted molar refractivity (Wildman–Crippen MR) is 102 cm³/mol. The van der Waals surface area contributed by atoms with Crippen molar-refractivity contribution < 1.29 is 14.1 Å². The molecular formula is C19H18BrN3O3. The molecule has 7 heteroatoms. The van der Waals surface area contributed by atoms with Gasteiger partial charge in [-0.2, -0.15) is 4.98 Å². The second-order valence-corrected chi connectivity index (χ2v) is 6.54. The van der Waals surface area contributed by atoms with Crippen molar-refractivity contribution in [3.8, 4) is 17.1 Å². The highest BCUT2D eigenvalue weighted by atomic mass is 79.9. The number of hydrogen-bond donors (Lipinski definition) is 1. The number of rotatable bonds is 7. The fraction of sp³-hybridized carbons (Fsp3) is 0.211. The van der Waals surface area contributed by atoms with Crippen molar-refractivity contribution in [3.05, 3.63) is 58.9 Å². The summed E-state index contributed by atoms with van der Waals surface area (Å²) >= 11 is 3.38. The van der Waals surface area contributed by atoms with Gasteiger partial charge in [0.05, 0.1) is 12.7 Å². The lowest BCUT2D eigenvalue weighted by Crippen LogP contribution is -2.11. The predicted octanol–water partition coefficient (Wildman–Crippen LogP) is 4.47. The number of amides is 1. The lowest BCUT2D eigenvalue weighted by Gasteiger charge is -2.04. The zero-order valence-corrected chi connectivity index (χ0v) is 15.8. The van der Waals surface area contributed by atoms with Gasteiger partial charge in [0, 0.05) is 23.0 Å². The fourth-order valence-electron chi connectivity index (χ4n) is 2.49. The van der Waals surface area contributed by atoms with Gasteiger partial charge in [0.2, 0.25) is 17.6 Å². The third kappa shape index (κ3) is 4.70. The minimum Gasteiger partial charge on any atom is -0.496 e. The van der Waals surface area contributed by atoms with E-state index in [0.29, 0.717) is 36.7 Å². The molecule has 0 atom stereocenters. The summed E-state index contributed by atoms with van der Waals surface area (Å²) < 4.78 is 11.5.